The van der Waals surface area contributed by atoms with E-state index in [-0.39, 0.29) is 10.8 Å². The summed E-state index contributed by atoms with van der Waals surface area (Å²) in [6.45, 7) is 34.9. The third-order valence-corrected chi connectivity index (χ3v) is 9.77. The number of likely N-dealkylation sites (N-methyl/N-ethyl adjacent to an activating group) is 1. The average molecular weight is 617 g/mol. The van der Waals surface area contributed by atoms with Crippen LogP contribution >= 0.6 is 0 Å². The molecule has 3 aromatic rings. The minimum Gasteiger partial charge on any atom is -0.345 e. The fourth-order valence-electron chi connectivity index (χ4n) is 6.62. The number of aryl methyl sites for hydroxylation is 1. The third kappa shape index (κ3) is 7.15. The normalized spacial score (nSPS) is 15.3. The fourth-order valence-corrected chi connectivity index (χ4v) is 6.62. The van der Waals surface area contributed by atoms with E-state index >= 15 is 0 Å². The SMILES string of the molecule is C=C(/C=C\C=O)N(C)c1c(C)cc(C(C)(C)c2cccc(C(C)(C)C3C=C(C)C(n4c(=C)ccc4=C)=CC3)c2)cc1C(C)C.CC. The number of aldehydes is 1. The second-order valence-electron chi connectivity index (χ2n) is 13.8. The van der Waals surface area contributed by atoms with Crippen LogP contribution in [0.1, 0.15) is 102 Å². The molecule has 46 heavy (non-hydrogen) atoms. The number of carbonyl (C=O) groups is 1. The number of anilines is 1. The highest BCUT2D eigenvalue weighted by Crippen LogP contribution is 2.43. The maximum atomic E-state index is 10.9. The standard InChI is InChI=1S/C41H50N2O.C2H6/c1-27(2)37-26-36(24-29(4)39(37)42(12)30(5)15-14-22-44)41(10,11)34-17-13-16-33(25-34)40(8,9)35-20-21-38(28(3)23-35)43-31(6)18-19-32(43)7;1-2/h13-19,21-27,35H,5-7,20H2,1-4,8-12H3;1-2H3/b15-14-;. The van der Waals surface area contributed by atoms with Gasteiger partial charge in [0.25, 0.3) is 0 Å². The van der Waals surface area contributed by atoms with E-state index in [1.165, 1.54) is 45.2 Å². The molecule has 1 aliphatic carbocycles. The van der Waals surface area contributed by atoms with Crippen LogP contribution in [0.2, 0.25) is 0 Å². The van der Waals surface area contributed by atoms with Crippen LogP contribution in [0.15, 0.2) is 90.7 Å². The van der Waals surface area contributed by atoms with Crippen molar-refractivity contribution >= 4 is 30.8 Å². The number of hydrogen-bond donors (Lipinski definition) is 0. The van der Waals surface area contributed by atoms with Gasteiger partial charge in [0.05, 0.1) is 0 Å². The summed E-state index contributed by atoms with van der Waals surface area (Å²) in [5.41, 5.74) is 10.5. The first-order chi connectivity index (χ1) is 21.6. The zero-order valence-electron chi connectivity index (χ0n) is 30.3. The molecular weight excluding hydrogens is 560 g/mol. The zero-order chi connectivity index (χ0) is 34.6. The third-order valence-electron chi connectivity index (χ3n) is 9.77. The van der Waals surface area contributed by atoms with E-state index in [4.69, 9.17) is 0 Å². The summed E-state index contributed by atoms with van der Waals surface area (Å²) in [5.74, 6) is 0.688. The molecule has 3 heteroatoms. The van der Waals surface area contributed by atoms with E-state index < -0.39 is 0 Å². The Balaban J connectivity index is 0.00000282. The molecule has 0 fully saturated rings. The maximum Gasteiger partial charge on any atom is 0.142 e. The van der Waals surface area contributed by atoms with Crippen LogP contribution in [0.3, 0.4) is 0 Å². The van der Waals surface area contributed by atoms with Crippen LogP contribution in [0, 0.1) is 12.8 Å². The Hall–Kier alpha value is -4.11. The number of benzene rings is 2. The lowest BCUT2D eigenvalue weighted by Gasteiger charge is -2.37. The Kier molecular flexibility index (Phi) is 11.5. The van der Waals surface area contributed by atoms with Crippen molar-refractivity contribution in [2.24, 2.45) is 5.92 Å². The maximum absolute atomic E-state index is 10.9. The van der Waals surface area contributed by atoms with E-state index in [1.807, 2.05) is 33.0 Å². The Morgan fingerprint density at radius 3 is 2.13 bits per heavy atom. The second-order valence-corrected chi connectivity index (χ2v) is 13.8. The molecule has 1 aliphatic rings. The van der Waals surface area contributed by atoms with Crippen LogP contribution in [0.5, 0.6) is 0 Å². The number of carbonyl (C=O) groups excluding carboxylic acids is 1. The molecule has 0 radical (unpaired) electrons. The monoisotopic (exact) mass is 616 g/mol. The van der Waals surface area contributed by atoms with E-state index in [0.29, 0.717) is 11.8 Å². The van der Waals surface area contributed by atoms with Crippen molar-refractivity contribution in [2.75, 3.05) is 11.9 Å². The van der Waals surface area contributed by atoms with Crippen molar-refractivity contribution in [1.29, 1.82) is 0 Å². The van der Waals surface area contributed by atoms with Crippen molar-refractivity contribution in [2.45, 2.75) is 92.4 Å². The molecule has 0 bridgehead atoms. The van der Waals surface area contributed by atoms with Crippen molar-refractivity contribution in [3.8, 4) is 0 Å². The first-order valence-electron chi connectivity index (χ1n) is 16.7. The average Bonchev–Trinajstić information content (AvgIpc) is 3.36. The molecule has 1 unspecified atom stereocenters. The highest BCUT2D eigenvalue weighted by Gasteiger charge is 2.33. The van der Waals surface area contributed by atoms with Gasteiger partial charge < -0.3 is 9.47 Å². The molecule has 4 rings (SSSR count). The minimum atomic E-state index is -0.207. The molecule has 3 nitrogen and oxygen atoms in total. The number of hydrogen-bond acceptors (Lipinski definition) is 2. The van der Waals surface area contributed by atoms with E-state index in [1.54, 1.807) is 6.08 Å². The molecule has 1 atom stereocenters. The minimum absolute atomic E-state index is 0.0619. The predicted molar refractivity (Wildman–Crippen MR) is 202 cm³/mol. The fraction of sp³-hybridized carbons (Fsp3) is 0.372. The van der Waals surface area contributed by atoms with Gasteiger partial charge in [0.15, 0.2) is 0 Å². The summed E-state index contributed by atoms with van der Waals surface area (Å²) in [6, 6.07) is 18.0. The Morgan fingerprint density at radius 2 is 1.57 bits per heavy atom. The number of rotatable bonds is 10. The Labute approximate surface area is 279 Å². The summed E-state index contributed by atoms with van der Waals surface area (Å²) < 4.78 is 2.16. The van der Waals surface area contributed by atoms with Gasteiger partial charge in [0.1, 0.15) is 6.29 Å². The van der Waals surface area contributed by atoms with Gasteiger partial charge in [-0.2, -0.15) is 0 Å². The van der Waals surface area contributed by atoms with Crippen LogP contribution < -0.4 is 15.6 Å². The van der Waals surface area contributed by atoms with Crippen LogP contribution in [0.4, 0.5) is 5.69 Å². The highest BCUT2D eigenvalue weighted by atomic mass is 16.1. The molecule has 0 N–H and O–H groups in total. The van der Waals surface area contributed by atoms with Gasteiger partial charge in [-0.1, -0.05) is 124 Å². The second kappa shape index (κ2) is 14.5. The summed E-state index contributed by atoms with van der Waals surface area (Å²) in [7, 11) is 2.02. The predicted octanol–water partition coefficient (Wildman–Crippen LogP) is 9.58. The van der Waals surface area contributed by atoms with Crippen molar-refractivity contribution in [1.82, 2.24) is 4.57 Å². The quantitative estimate of drug-likeness (QED) is 0.129. The van der Waals surface area contributed by atoms with Crippen LogP contribution in [0.25, 0.3) is 18.9 Å². The molecule has 2 aromatic carbocycles. The number of aromatic nitrogens is 1. The van der Waals surface area contributed by atoms with Gasteiger partial charge in [-0.15, -0.1) is 0 Å². The first-order valence-corrected chi connectivity index (χ1v) is 16.7. The van der Waals surface area contributed by atoms with Gasteiger partial charge in [-0.05, 0) is 95.2 Å². The van der Waals surface area contributed by atoms with Gasteiger partial charge in [0.2, 0.25) is 0 Å². The van der Waals surface area contributed by atoms with E-state index in [2.05, 4.69) is 133 Å². The lowest BCUT2D eigenvalue weighted by atomic mass is 9.68. The van der Waals surface area contributed by atoms with Crippen LogP contribution in [-0.4, -0.2) is 17.9 Å². The molecular formula is C43H56N2O. The van der Waals surface area contributed by atoms with Crippen molar-refractivity contribution in [3.05, 3.63) is 129 Å². The number of nitrogens with zero attached hydrogens (tertiary/aromatic N) is 2. The zero-order valence-corrected chi connectivity index (χ0v) is 30.3. The molecule has 0 saturated heterocycles. The summed E-state index contributed by atoms with van der Waals surface area (Å²) in [5, 5.41) is 1.94. The largest absolute Gasteiger partial charge is 0.345 e. The molecule has 0 aliphatic heterocycles. The molecule has 0 saturated carbocycles. The number of allylic oxidation sites excluding steroid dienone is 6. The summed E-state index contributed by atoms with van der Waals surface area (Å²) in [6.07, 6.45) is 9.81. The van der Waals surface area contributed by atoms with Gasteiger partial charge in [-0.3, -0.25) is 4.79 Å². The lowest BCUT2D eigenvalue weighted by Crippen LogP contribution is -2.31. The Morgan fingerprint density at radius 1 is 0.957 bits per heavy atom. The molecule has 0 spiro atoms. The highest BCUT2D eigenvalue weighted by molar-refractivity contribution is 5.70. The van der Waals surface area contributed by atoms with Crippen molar-refractivity contribution in [3.63, 3.8) is 0 Å². The van der Waals surface area contributed by atoms with E-state index in [0.717, 1.165) is 34.8 Å². The smallest absolute Gasteiger partial charge is 0.142 e. The first kappa shape index (κ1) is 36.4. The van der Waals surface area contributed by atoms with Gasteiger partial charge >= 0.3 is 0 Å². The van der Waals surface area contributed by atoms with Crippen LogP contribution in [-0.2, 0) is 15.6 Å². The Bertz CT molecular complexity index is 1750. The summed E-state index contributed by atoms with van der Waals surface area (Å²) in [4.78, 5) is 13.0. The van der Waals surface area contributed by atoms with Crippen molar-refractivity contribution < 1.29 is 4.79 Å². The summed E-state index contributed by atoms with van der Waals surface area (Å²) >= 11 is 0. The van der Waals surface area contributed by atoms with Gasteiger partial charge in [-0.25, -0.2) is 0 Å². The molecule has 1 heterocycles. The van der Waals surface area contributed by atoms with Gasteiger partial charge in [0, 0.05) is 40.2 Å². The topological polar surface area (TPSA) is 25.2 Å². The molecule has 244 valence electrons. The molecule has 0 amide bonds. The lowest BCUT2D eigenvalue weighted by molar-refractivity contribution is -0.104. The molecule has 1 aromatic heterocycles. The van der Waals surface area contributed by atoms with E-state index in [9.17, 15) is 4.79 Å².